The lowest BCUT2D eigenvalue weighted by molar-refractivity contribution is 0.342. The van der Waals surface area contributed by atoms with Crippen molar-refractivity contribution in [1.29, 1.82) is 0 Å². The standard InChI is InChI=1S/C7H4ClF3O3S/c1-14-7-3(9)2-4(15(8,12)13)5(10)6(7)11/h2H,1H3. The normalized spacial score (nSPS) is 11.5. The Balaban J connectivity index is 3.62. The highest BCUT2D eigenvalue weighted by molar-refractivity contribution is 8.13. The first-order chi connectivity index (χ1) is 6.79. The topological polar surface area (TPSA) is 43.4 Å². The van der Waals surface area contributed by atoms with Crippen molar-refractivity contribution < 1.29 is 26.3 Å². The molecule has 0 heterocycles. The minimum atomic E-state index is -4.54. The SMILES string of the molecule is COc1c(F)cc(S(=O)(=O)Cl)c(F)c1F. The van der Waals surface area contributed by atoms with E-state index in [1.807, 2.05) is 0 Å². The monoisotopic (exact) mass is 260 g/mol. The van der Waals surface area contributed by atoms with E-state index >= 15 is 0 Å². The predicted octanol–water partition coefficient (Wildman–Crippen LogP) is 2.04. The maximum absolute atomic E-state index is 13.0. The highest BCUT2D eigenvalue weighted by Crippen LogP contribution is 2.30. The number of ether oxygens (including phenoxy) is 1. The Kier molecular flexibility index (Phi) is 3.15. The van der Waals surface area contributed by atoms with Crippen molar-refractivity contribution in [3.05, 3.63) is 23.5 Å². The molecule has 8 heteroatoms. The number of benzene rings is 1. The van der Waals surface area contributed by atoms with Crippen LogP contribution in [0.1, 0.15) is 0 Å². The Morgan fingerprint density at radius 3 is 2.20 bits per heavy atom. The van der Waals surface area contributed by atoms with Gasteiger partial charge in [0.1, 0.15) is 4.90 Å². The lowest BCUT2D eigenvalue weighted by Crippen LogP contribution is -2.03. The van der Waals surface area contributed by atoms with Crippen molar-refractivity contribution in [2.24, 2.45) is 0 Å². The third-order valence-electron chi connectivity index (χ3n) is 1.55. The van der Waals surface area contributed by atoms with Crippen LogP contribution in [-0.2, 0) is 9.05 Å². The molecule has 0 saturated carbocycles. The summed E-state index contributed by atoms with van der Waals surface area (Å²) in [6.07, 6.45) is 0. The summed E-state index contributed by atoms with van der Waals surface area (Å²) in [5.41, 5.74) is 0. The van der Waals surface area contributed by atoms with Crippen molar-refractivity contribution in [1.82, 2.24) is 0 Å². The van der Waals surface area contributed by atoms with Gasteiger partial charge in [-0.1, -0.05) is 0 Å². The van der Waals surface area contributed by atoms with Crippen LogP contribution < -0.4 is 4.74 Å². The van der Waals surface area contributed by atoms with Gasteiger partial charge in [-0.2, -0.15) is 4.39 Å². The molecule has 0 N–H and O–H groups in total. The van der Waals surface area contributed by atoms with E-state index in [1.165, 1.54) is 0 Å². The number of methoxy groups -OCH3 is 1. The molecule has 0 aliphatic heterocycles. The predicted molar refractivity (Wildman–Crippen MR) is 45.9 cm³/mol. The fourth-order valence-corrected chi connectivity index (χ4v) is 1.81. The van der Waals surface area contributed by atoms with Crippen LogP contribution in [-0.4, -0.2) is 15.5 Å². The third-order valence-corrected chi connectivity index (χ3v) is 2.87. The van der Waals surface area contributed by atoms with E-state index in [0.29, 0.717) is 0 Å². The third kappa shape index (κ3) is 2.18. The van der Waals surface area contributed by atoms with Crippen LogP contribution in [0, 0.1) is 17.5 Å². The Morgan fingerprint density at radius 2 is 1.80 bits per heavy atom. The molecule has 15 heavy (non-hydrogen) atoms. The Hall–Kier alpha value is -0.950. The second kappa shape index (κ2) is 3.90. The van der Waals surface area contributed by atoms with Gasteiger partial charge in [0.15, 0.2) is 17.4 Å². The summed E-state index contributed by atoms with van der Waals surface area (Å²) in [7, 11) is 1.13. The molecule has 0 radical (unpaired) electrons. The van der Waals surface area contributed by atoms with Gasteiger partial charge >= 0.3 is 0 Å². The number of halogens is 4. The molecule has 0 bridgehead atoms. The second-order valence-corrected chi connectivity index (χ2v) is 4.99. The summed E-state index contributed by atoms with van der Waals surface area (Å²) in [4.78, 5) is -1.26. The molecule has 3 nitrogen and oxygen atoms in total. The number of hydrogen-bond donors (Lipinski definition) is 0. The van der Waals surface area contributed by atoms with Gasteiger partial charge in [-0.3, -0.25) is 0 Å². The summed E-state index contributed by atoms with van der Waals surface area (Å²) in [5.74, 6) is -5.87. The summed E-state index contributed by atoms with van der Waals surface area (Å²) >= 11 is 0. The van der Waals surface area contributed by atoms with Crippen molar-refractivity contribution in [2.45, 2.75) is 4.90 Å². The van der Waals surface area contributed by atoms with Crippen LogP contribution in [0.2, 0.25) is 0 Å². The molecule has 1 aromatic rings. The van der Waals surface area contributed by atoms with Crippen molar-refractivity contribution >= 4 is 19.7 Å². The van der Waals surface area contributed by atoms with Crippen molar-refractivity contribution in [3.8, 4) is 5.75 Å². The highest BCUT2D eigenvalue weighted by atomic mass is 35.7. The van der Waals surface area contributed by atoms with Crippen LogP contribution in [0.25, 0.3) is 0 Å². The van der Waals surface area contributed by atoms with Crippen LogP contribution in [0.3, 0.4) is 0 Å². The fourth-order valence-electron chi connectivity index (χ4n) is 0.921. The van der Waals surface area contributed by atoms with Gasteiger partial charge in [0.2, 0.25) is 5.82 Å². The molecular weight excluding hydrogens is 257 g/mol. The minimum Gasteiger partial charge on any atom is -0.491 e. The molecule has 0 spiro atoms. The van der Waals surface area contributed by atoms with E-state index in [2.05, 4.69) is 4.74 Å². The zero-order chi connectivity index (χ0) is 11.8. The molecule has 0 unspecified atom stereocenters. The molecule has 1 rings (SSSR count). The molecule has 0 aliphatic carbocycles. The van der Waals surface area contributed by atoms with Gasteiger partial charge < -0.3 is 4.74 Å². The largest absolute Gasteiger partial charge is 0.491 e. The maximum atomic E-state index is 13.0. The molecular formula is C7H4ClF3O3S. The van der Waals surface area contributed by atoms with Gasteiger partial charge in [-0.05, 0) is 0 Å². The van der Waals surface area contributed by atoms with Crippen LogP contribution >= 0.6 is 10.7 Å². The second-order valence-electron chi connectivity index (χ2n) is 2.46. The first kappa shape index (κ1) is 12.1. The Morgan fingerprint density at radius 1 is 1.27 bits per heavy atom. The first-order valence-corrected chi connectivity index (χ1v) is 5.76. The van der Waals surface area contributed by atoms with Crippen LogP contribution in [0.5, 0.6) is 5.75 Å². The van der Waals surface area contributed by atoms with Crippen LogP contribution in [0.15, 0.2) is 11.0 Å². The summed E-state index contributed by atoms with van der Waals surface area (Å²) in [6, 6.07) is 0.250. The first-order valence-electron chi connectivity index (χ1n) is 3.45. The highest BCUT2D eigenvalue weighted by Gasteiger charge is 2.25. The number of hydrogen-bond acceptors (Lipinski definition) is 3. The van der Waals surface area contributed by atoms with Gasteiger partial charge in [0.05, 0.1) is 7.11 Å². The van der Waals surface area contributed by atoms with E-state index < -0.39 is 37.1 Å². The summed E-state index contributed by atoms with van der Waals surface area (Å²) in [6.45, 7) is 0. The van der Waals surface area contributed by atoms with Gasteiger partial charge in [0.25, 0.3) is 9.05 Å². The Labute approximate surface area is 87.8 Å². The van der Waals surface area contributed by atoms with Gasteiger partial charge in [-0.15, -0.1) is 0 Å². The van der Waals surface area contributed by atoms with E-state index in [0.717, 1.165) is 7.11 Å². The zero-order valence-corrected chi connectivity index (χ0v) is 8.79. The Bertz CT molecular complexity index is 501. The molecule has 1 aromatic carbocycles. The van der Waals surface area contributed by atoms with Crippen molar-refractivity contribution in [2.75, 3.05) is 7.11 Å². The average molecular weight is 261 g/mol. The minimum absolute atomic E-state index is 0.250. The molecule has 84 valence electrons. The zero-order valence-electron chi connectivity index (χ0n) is 7.22. The van der Waals surface area contributed by atoms with Gasteiger partial charge in [-0.25, -0.2) is 17.2 Å². The molecule has 0 aliphatic rings. The smallest absolute Gasteiger partial charge is 0.264 e. The van der Waals surface area contributed by atoms with Gasteiger partial charge in [0, 0.05) is 16.7 Å². The molecule has 0 fully saturated rings. The summed E-state index contributed by atoms with van der Waals surface area (Å²) in [5, 5.41) is 0. The van der Waals surface area contributed by atoms with E-state index in [-0.39, 0.29) is 6.07 Å². The van der Waals surface area contributed by atoms with E-state index in [1.54, 1.807) is 0 Å². The molecule has 0 saturated heterocycles. The fraction of sp³-hybridized carbons (Fsp3) is 0.143. The van der Waals surface area contributed by atoms with Crippen LogP contribution in [0.4, 0.5) is 13.2 Å². The van der Waals surface area contributed by atoms with E-state index in [4.69, 9.17) is 10.7 Å². The average Bonchev–Trinajstić information content (AvgIpc) is 2.10. The van der Waals surface area contributed by atoms with E-state index in [9.17, 15) is 21.6 Å². The quantitative estimate of drug-likeness (QED) is 0.604. The maximum Gasteiger partial charge on any atom is 0.264 e. The van der Waals surface area contributed by atoms with Crippen molar-refractivity contribution in [3.63, 3.8) is 0 Å². The lowest BCUT2D eigenvalue weighted by Gasteiger charge is -2.06. The molecule has 0 aromatic heterocycles. The number of rotatable bonds is 2. The molecule has 0 amide bonds. The summed E-state index contributed by atoms with van der Waals surface area (Å²) < 4.78 is 64.6. The lowest BCUT2D eigenvalue weighted by atomic mass is 10.3. The molecule has 0 atom stereocenters.